The van der Waals surface area contributed by atoms with Crippen molar-refractivity contribution in [2.75, 3.05) is 23.0 Å². The fourth-order valence-corrected chi connectivity index (χ4v) is 4.73. The molecule has 5 nitrogen and oxygen atoms in total. The maximum atomic E-state index is 11.7. The molecule has 2 N–H and O–H groups in total. The third-order valence-corrected chi connectivity index (χ3v) is 6.06. The van der Waals surface area contributed by atoms with Gasteiger partial charge in [0.1, 0.15) is 0 Å². The van der Waals surface area contributed by atoms with Crippen LogP contribution in [0.5, 0.6) is 0 Å². The van der Waals surface area contributed by atoms with Crippen LogP contribution in [-0.4, -0.2) is 38.0 Å². The molecule has 2 heterocycles. The minimum absolute atomic E-state index is 0.177. The first kappa shape index (κ1) is 13.7. The molecule has 1 aromatic rings. The summed E-state index contributed by atoms with van der Waals surface area (Å²) in [4.78, 5) is 6.25. The molecule has 0 atom stereocenters. The van der Waals surface area contributed by atoms with E-state index in [0.717, 1.165) is 5.69 Å². The number of nitrogens with zero attached hydrogens (tertiary/aromatic N) is 2. The highest BCUT2D eigenvalue weighted by Crippen LogP contribution is 2.40. The summed E-state index contributed by atoms with van der Waals surface area (Å²) >= 11 is 6.26. The van der Waals surface area contributed by atoms with Crippen LogP contribution in [0.4, 0.5) is 5.69 Å². The minimum atomic E-state index is -2.93. The van der Waals surface area contributed by atoms with Crippen LogP contribution in [0.2, 0.25) is 5.02 Å². The fraction of sp³-hybridized carbons (Fsp3) is 0.462. The van der Waals surface area contributed by atoms with Crippen molar-refractivity contribution in [3.8, 4) is 0 Å². The number of para-hydroxylation sites is 1. The van der Waals surface area contributed by atoms with Gasteiger partial charge in [0.25, 0.3) is 0 Å². The second kappa shape index (κ2) is 4.63. The molecule has 7 heteroatoms. The van der Waals surface area contributed by atoms with E-state index in [2.05, 4.69) is 4.99 Å². The minimum Gasteiger partial charge on any atom is -0.369 e. The van der Waals surface area contributed by atoms with Crippen LogP contribution in [0, 0.1) is 0 Å². The van der Waals surface area contributed by atoms with Gasteiger partial charge < -0.3 is 10.6 Å². The first-order chi connectivity index (χ1) is 9.44. The molecule has 2 aliphatic rings. The van der Waals surface area contributed by atoms with Crippen LogP contribution in [0.3, 0.4) is 0 Å². The number of aliphatic imine (C=N–C) groups is 1. The molecular formula is C13H16ClN3O2S. The number of guanidine groups is 1. The summed E-state index contributed by atoms with van der Waals surface area (Å²) < 4.78 is 23.3. The summed E-state index contributed by atoms with van der Waals surface area (Å²) in [5, 5.41) is 0.598. The van der Waals surface area contributed by atoms with Crippen LogP contribution in [0.15, 0.2) is 29.3 Å². The highest BCUT2D eigenvalue weighted by molar-refractivity contribution is 7.91. The first-order valence-corrected chi connectivity index (χ1v) is 8.69. The smallest absolute Gasteiger partial charge is 0.196 e. The number of hydrogen-bond acceptors (Lipinski definition) is 5. The molecule has 0 amide bonds. The van der Waals surface area contributed by atoms with E-state index in [4.69, 9.17) is 17.3 Å². The molecule has 2 aliphatic heterocycles. The maximum Gasteiger partial charge on any atom is 0.196 e. The lowest BCUT2D eigenvalue weighted by molar-refractivity contribution is 0.409. The lowest BCUT2D eigenvalue weighted by Gasteiger charge is -2.42. The van der Waals surface area contributed by atoms with E-state index in [0.29, 0.717) is 30.4 Å². The molecule has 0 unspecified atom stereocenters. The van der Waals surface area contributed by atoms with Gasteiger partial charge in [-0.15, -0.1) is 0 Å². The molecule has 0 saturated carbocycles. The molecule has 3 rings (SSSR count). The Morgan fingerprint density at radius 1 is 1.25 bits per heavy atom. The second-order valence-corrected chi connectivity index (χ2v) is 8.05. The van der Waals surface area contributed by atoms with Gasteiger partial charge in [0.2, 0.25) is 0 Å². The van der Waals surface area contributed by atoms with Gasteiger partial charge in [-0.05, 0) is 25.0 Å². The Hall–Kier alpha value is -1.27. The lowest BCUT2D eigenvalue weighted by Crippen LogP contribution is -2.56. The molecule has 1 fully saturated rings. The number of hydrogen-bond donors (Lipinski definition) is 1. The van der Waals surface area contributed by atoms with Crippen LogP contribution in [0.1, 0.15) is 12.8 Å². The fourth-order valence-electron chi connectivity index (χ4n) is 2.92. The van der Waals surface area contributed by atoms with Crippen LogP contribution < -0.4 is 10.6 Å². The van der Waals surface area contributed by atoms with Crippen molar-refractivity contribution >= 4 is 33.1 Å². The molecule has 1 saturated heterocycles. The predicted octanol–water partition coefficient (Wildman–Crippen LogP) is 1.42. The quantitative estimate of drug-likeness (QED) is 0.851. The number of rotatable bonds is 1. The summed E-state index contributed by atoms with van der Waals surface area (Å²) in [6.07, 6.45) is 1.06. The van der Waals surface area contributed by atoms with Crippen molar-refractivity contribution in [1.82, 2.24) is 0 Å². The zero-order valence-corrected chi connectivity index (χ0v) is 12.5. The van der Waals surface area contributed by atoms with E-state index in [1.54, 1.807) is 6.07 Å². The molecule has 0 aromatic heterocycles. The van der Waals surface area contributed by atoms with Crippen LogP contribution >= 0.6 is 11.6 Å². The molecular weight excluding hydrogens is 298 g/mol. The molecule has 0 bridgehead atoms. The normalized spacial score (nSPS) is 23.9. The van der Waals surface area contributed by atoms with Crippen molar-refractivity contribution in [1.29, 1.82) is 0 Å². The van der Waals surface area contributed by atoms with Gasteiger partial charge in [-0.1, -0.05) is 23.7 Å². The van der Waals surface area contributed by atoms with Gasteiger partial charge in [-0.2, -0.15) is 0 Å². The Bertz CT molecular complexity index is 658. The van der Waals surface area contributed by atoms with E-state index in [-0.39, 0.29) is 17.0 Å². The van der Waals surface area contributed by atoms with Crippen molar-refractivity contribution in [3.63, 3.8) is 0 Å². The van der Waals surface area contributed by atoms with E-state index in [1.165, 1.54) is 0 Å². The summed E-state index contributed by atoms with van der Waals surface area (Å²) in [5.41, 5.74) is 6.47. The monoisotopic (exact) mass is 313 g/mol. The topological polar surface area (TPSA) is 75.8 Å². The highest BCUT2D eigenvalue weighted by Gasteiger charge is 2.47. The summed E-state index contributed by atoms with van der Waals surface area (Å²) in [7, 11) is -2.93. The predicted molar refractivity (Wildman–Crippen MR) is 81.0 cm³/mol. The Morgan fingerprint density at radius 3 is 2.55 bits per heavy atom. The largest absolute Gasteiger partial charge is 0.369 e. The number of nitrogens with two attached hydrogens (primary N) is 1. The number of sulfone groups is 1. The maximum absolute atomic E-state index is 11.7. The third-order valence-electron chi connectivity index (χ3n) is 4.09. The molecule has 0 radical (unpaired) electrons. The summed E-state index contributed by atoms with van der Waals surface area (Å²) in [6.45, 7) is 0.527. The van der Waals surface area contributed by atoms with Crippen molar-refractivity contribution in [2.45, 2.75) is 18.4 Å². The summed E-state index contributed by atoms with van der Waals surface area (Å²) in [6, 6.07) is 7.43. The Labute approximate surface area is 123 Å². The number of halogens is 1. The number of anilines is 1. The number of benzene rings is 1. The summed E-state index contributed by atoms with van der Waals surface area (Å²) in [5.74, 6) is 0.769. The highest BCUT2D eigenvalue weighted by atomic mass is 35.5. The van der Waals surface area contributed by atoms with E-state index < -0.39 is 9.84 Å². The zero-order valence-electron chi connectivity index (χ0n) is 10.9. The average Bonchev–Trinajstić information content (AvgIpc) is 2.72. The molecule has 1 spiro atoms. The first-order valence-electron chi connectivity index (χ1n) is 6.49. The molecule has 108 valence electrons. The Morgan fingerprint density at radius 2 is 1.90 bits per heavy atom. The second-order valence-electron chi connectivity index (χ2n) is 5.34. The van der Waals surface area contributed by atoms with E-state index >= 15 is 0 Å². The van der Waals surface area contributed by atoms with Gasteiger partial charge in [-0.3, -0.25) is 4.99 Å². The van der Waals surface area contributed by atoms with Gasteiger partial charge in [0.05, 0.1) is 34.3 Å². The van der Waals surface area contributed by atoms with Crippen LogP contribution in [-0.2, 0) is 9.84 Å². The van der Waals surface area contributed by atoms with E-state index in [9.17, 15) is 8.42 Å². The molecule has 1 aromatic carbocycles. The Kier molecular flexibility index (Phi) is 3.17. The third kappa shape index (κ3) is 2.16. The van der Waals surface area contributed by atoms with Gasteiger partial charge in [0.15, 0.2) is 15.8 Å². The zero-order chi connectivity index (χ0) is 14.4. The average molecular weight is 314 g/mol. The van der Waals surface area contributed by atoms with Gasteiger partial charge in [0, 0.05) is 0 Å². The Balaban J connectivity index is 2.00. The van der Waals surface area contributed by atoms with E-state index in [1.807, 2.05) is 23.1 Å². The molecule has 0 aliphatic carbocycles. The van der Waals surface area contributed by atoms with Gasteiger partial charge in [-0.25, -0.2) is 8.42 Å². The van der Waals surface area contributed by atoms with Crippen molar-refractivity contribution in [3.05, 3.63) is 29.3 Å². The van der Waals surface area contributed by atoms with Crippen molar-refractivity contribution < 1.29 is 8.42 Å². The van der Waals surface area contributed by atoms with Gasteiger partial charge >= 0.3 is 0 Å². The lowest BCUT2D eigenvalue weighted by atomic mass is 9.90. The SMILES string of the molecule is NC1=NCC2(CCS(=O)(=O)CC2)N1c1ccccc1Cl. The molecule has 20 heavy (non-hydrogen) atoms. The van der Waals surface area contributed by atoms with Crippen LogP contribution in [0.25, 0.3) is 0 Å². The standard InChI is InChI=1S/C13H16ClN3O2S/c14-10-3-1-2-4-11(10)17-12(15)16-9-13(17)5-7-20(18,19)8-6-13/h1-4H,5-9H2,(H2,15,16). The van der Waals surface area contributed by atoms with Crippen molar-refractivity contribution in [2.24, 2.45) is 10.7 Å².